The van der Waals surface area contributed by atoms with Crippen molar-refractivity contribution in [3.05, 3.63) is 23.8 Å². The number of allylic oxidation sites excluding steroid dienone is 4. The first kappa shape index (κ1) is 6.60. The van der Waals surface area contributed by atoms with E-state index in [4.69, 9.17) is 0 Å². The molecule has 0 unspecified atom stereocenters. The molecule has 0 heteroatoms. The van der Waals surface area contributed by atoms with Gasteiger partial charge < -0.3 is 0 Å². The van der Waals surface area contributed by atoms with Gasteiger partial charge in [0, 0.05) is 0 Å². The minimum absolute atomic E-state index is 0.700. The Kier molecular flexibility index (Phi) is 2.10. The Balaban J connectivity index is 2.31. The summed E-state index contributed by atoms with van der Waals surface area (Å²) in [6.07, 6.45) is 9.37. The molecule has 0 nitrogen and oxygen atoms in total. The van der Waals surface area contributed by atoms with E-state index in [1.54, 1.807) is 0 Å². The molecule has 0 heterocycles. The largest absolute Gasteiger partial charge is 0.0817 e. The second kappa shape index (κ2) is 2.86. The van der Waals surface area contributed by atoms with E-state index in [2.05, 4.69) is 32.1 Å². The second-order valence-corrected chi connectivity index (χ2v) is 2.92. The molecule has 0 aliphatic heterocycles. The first-order valence-electron chi connectivity index (χ1n) is 3.66. The van der Waals surface area contributed by atoms with Crippen molar-refractivity contribution in [2.24, 2.45) is 5.92 Å². The third kappa shape index (κ3) is 2.05. The van der Waals surface area contributed by atoms with Crippen LogP contribution in [0.25, 0.3) is 0 Å². The summed E-state index contributed by atoms with van der Waals surface area (Å²) in [4.78, 5) is 0. The van der Waals surface area contributed by atoms with Crippen molar-refractivity contribution in [1.82, 2.24) is 0 Å². The molecule has 1 aliphatic carbocycles. The fourth-order valence-electron chi connectivity index (χ4n) is 0.778. The van der Waals surface area contributed by atoms with Crippen LogP contribution in [0.1, 0.15) is 26.7 Å². The summed E-state index contributed by atoms with van der Waals surface area (Å²) in [7, 11) is 0. The minimum atomic E-state index is 0.700. The molecular weight excluding hydrogens is 108 g/mol. The van der Waals surface area contributed by atoms with Gasteiger partial charge in [0.05, 0.1) is 0 Å². The number of hydrogen-bond donors (Lipinski definition) is 0. The molecule has 1 aliphatic rings. The number of rotatable bonds is 2. The zero-order valence-electron chi connectivity index (χ0n) is 6.22. The smallest absolute Gasteiger partial charge is 0.0247 e. The van der Waals surface area contributed by atoms with Crippen LogP contribution in [0.2, 0.25) is 0 Å². The Morgan fingerprint density at radius 1 is 1.56 bits per heavy atom. The van der Waals surface area contributed by atoms with Crippen LogP contribution < -0.4 is 0 Å². The molecule has 0 radical (unpaired) electrons. The van der Waals surface area contributed by atoms with Gasteiger partial charge in [0.1, 0.15) is 0 Å². The quantitative estimate of drug-likeness (QED) is 0.528. The molecule has 0 spiro atoms. The molecule has 0 fully saturated rings. The monoisotopic (exact) mass is 122 g/mol. The minimum Gasteiger partial charge on any atom is -0.0817 e. The Bertz CT molecular complexity index is 138. The highest BCUT2D eigenvalue weighted by Gasteiger charge is 1.99. The van der Waals surface area contributed by atoms with E-state index in [9.17, 15) is 0 Å². The lowest BCUT2D eigenvalue weighted by atomic mass is 9.98. The Hall–Kier alpha value is -0.520. The van der Waals surface area contributed by atoms with Crippen molar-refractivity contribution in [3.63, 3.8) is 0 Å². The van der Waals surface area contributed by atoms with Gasteiger partial charge in [-0.25, -0.2) is 0 Å². The molecule has 0 saturated carbocycles. The average Bonchev–Trinajstić information content (AvgIpc) is 1.60. The van der Waals surface area contributed by atoms with Crippen LogP contribution in [-0.2, 0) is 0 Å². The first-order valence-corrected chi connectivity index (χ1v) is 3.66. The number of hydrogen-bond acceptors (Lipinski definition) is 0. The van der Waals surface area contributed by atoms with Crippen LogP contribution in [0.15, 0.2) is 23.8 Å². The lowest BCUT2D eigenvalue weighted by Gasteiger charge is -2.08. The van der Waals surface area contributed by atoms with Gasteiger partial charge in [-0.05, 0) is 18.8 Å². The molecule has 0 amide bonds. The molecule has 0 aromatic rings. The van der Waals surface area contributed by atoms with Crippen molar-refractivity contribution in [2.75, 3.05) is 0 Å². The van der Waals surface area contributed by atoms with Crippen LogP contribution >= 0.6 is 0 Å². The van der Waals surface area contributed by atoms with Gasteiger partial charge >= 0.3 is 0 Å². The summed E-state index contributed by atoms with van der Waals surface area (Å²) in [6.45, 7) is 4.41. The summed E-state index contributed by atoms with van der Waals surface area (Å²) >= 11 is 0. The van der Waals surface area contributed by atoms with Gasteiger partial charge in [-0.1, -0.05) is 37.6 Å². The Labute approximate surface area is 57.3 Å². The first-order chi connectivity index (χ1) is 4.29. The van der Waals surface area contributed by atoms with E-state index in [0.29, 0.717) is 5.92 Å². The predicted molar refractivity (Wildman–Crippen MR) is 41.3 cm³/mol. The van der Waals surface area contributed by atoms with Crippen LogP contribution in [0.4, 0.5) is 0 Å². The average molecular weight is 122 g/mol. The normalized spacial score (nSPS) is 18.3. The van der Waals surface area contributed by atoms with E-state index in [1.807, 2.05) is 0 Å². The summed E-state index contributed by atoms with van der Waals surface area (Å²) < 4.78 is 0. The van der Waals surface area contributed by atoms with E-state index in [0.717, 1.165) is 0 Å². The fourth-order valence-corrected chi connectivity index (χ4v) is 0.778. The highest BCUT2D eigenvalue weighted by molar-refractivity contribution is 5.25. The van der Waals surface area contributed by atoms with Crippen LogP contribution in [0, 0.1) is 5.92 Å². The molecule has 0 saturated heterocycles. The molecular formula is C9H14. The summed E-state index contributed by atoms with van der Waals surface area (Å²) in [5.74, 6) is 0.700. The second-order valence-electron chi connectivity index (χ2n) is 2.92. The van der Waals surface area contributed by atoms with Crippen LogP contribution in [0.5, 0.6) is 0 Å². The highest BCUT2D eigenvalue weighted by atomic mass is 14.1. The topological polar surface area (TPSA) is 0 Å². The van der Waals surface area contributed by atoms with E-state index < -0.39 is 0 Å². The van der Waals surface area contributed by atoms with Gasteiger partial charge in [0.25, 0.3) is 0 Å². The van der Waals surface area contributed by atoms with Crippen LogP contribution in [0.3, 0.4) is 0 Å². The zero-order valence-corrected chi connectivity index (χ0v) is 6.22. The van der Waals surface area contributed by atoms with Gasteiger partial charge in [-0.3, -0.25) is 0 Å². The molecule has 0 bridgehead atoms. The summed E-state index contributed by atoms with van der Waals surface area (Å²) in [5, 5.41) is 0. The van der Waals surface area contributed by atoms with Crippen molar-refractivity contribution in [1.29, 1.82) is 0 Å². The van der Waals surface area contributed by atoms with Crippen molar-refractivity contribution < 1.29 is 0 Å². The maximum absolute atomic E-state index is 2.29. The van der Waals surface area contributed by atoms with Gasteiger partial charge in [-0.2, -0.15) is 0 Å². The molecule has 9 heavy (non-hydrogen) atoms. The third-order valence-electron chi connectivity index (χ3n) is 1.53. The Morgan fingerprint density at radius 3 is 2.56 bits per heavy atom. The van der Waals surface area contributed by atoms with E-state index in [1.165, 1.54) is 18.4 Å². The van der Waals surface area contributed by atoms with Gasteiger partial charge in [0.2, 0.25) is 0 Å². The molecule has 50 valence electrons. The maximum atomic E-state index is 2.29. The van der Waals surface area contributed by atoms with Crippen LogP contribution in [-0.4, -0.2) is 0 Å². The lowest BCUT2D eigenvalue weighted by Crippen LogP contribution is -1.89. The maximum Gasteiger partial charge on any atom is -0.0247 e. The van der Waals surface area contributed by atoms with E-state index in [-0.39, 0.29) is 0 Å². The lowest BCUT2D eigenvalue weighted by molar-refractivity contribution is 0.823. The molecule has 0 aromatic heterocycles. The summed E-state index contributed by atoms with van der Waals surface area (Å²) in [6, 6.07) is 0. The highest BCUT2D eigenvalue weighted by Crippen LogP contribution is 2.19. The zero-order chi connectivity index (χ0) is 6.69. The van der Waals surface area contributed by atoms with Crippen molar-refractivity contribution in [2.45, 2.75) is 26.7 Å². The van der Waals surface area contributed by atoms with E-state index >= 15 is 0 Å². The Morgan fingerprint density at radius 2 is 2.22 bits per heavy atom. The molecule has 0 atom stereocenters. The van der Waals surface area contributed by atoms with Gasteiger partial charge in [0.15, 0.2) is 0 Å². The van der Waals surface area contributed by atoms with Crippen molar-refractivity contribution in [3.8, 4) is 0 Å². The standard InChI is InChI=1S/C9H14/c1-8(2)6-7-9-4-3-5-9/h4,6-8H,3,5H2,1-2H3. The SMILES string of the molecule is CC(C)C=CC1=CCC1. The molecule has 0 aromatic carbocycles. The van der Waals surface area contributed by atoms with Crippen molar-refractivity contribution >= 4 is 0 Å². The predicted octanol–water partition coefficient (Wildman–Crippen LogP) is 2.92. The van der Waals surface area contributed by atoms with Gasteiger partial charge in [-0.15, -0.1) is 0 Å². The third-order valence-corrected chi connectivity index (χ3v) is 1.53. The summed E-state index contributed by atoms with van der Waals surface area (Å²) in [5.41, 5.74) is 1.52. The fraction of sp³-hybridized carbons (Fsp3) is 0.556. The molecule has 1 rings (SSSR count). The molecule has 0 N–H and O–H groups in total.